The number of nitrogens with zero attached hydrogens (tertiary/aromatic N) is 2. The van der Waals surface area contributed by atoms with E-state index in [2.05, 4.69) is 61.5 Å². The van der Waals surface area contributed by atoms with Crippen LogP contribution in [0.4, 0.5) is 0 Å². The van der Waals surface area contributed by atoms with Crippen LogP contribution in [-0.2, 0) is 0 Å². The van der Waals surface area contributed by atoms with Crippen LogP contribution in [0.2, 0.25) is 0 Å². The zero-order valence-corrected chi connectivity index (χ0v) is 21.7. The minimum atomic E-state index is 0.702. The fourth-order valence-electron chi connectivity index (χ4n) is 4.07. The van der Waals surface area contributed by atoms with Gasteiger partial charge in [-0.2, -0.15) is 0 Å². The van der Waals surface area contributed by atoms with Crippen LogP contribution in [0.3, 0.4) is 0 Å². The van der Waals surface area contributed by atoms with Gasteiger partial charge in [0.1, 0.15) is 11.5 Å². The Bertz CT molecular complexity index is 1490. The van der Waals surface area contributed by atoms with Crippen LogP contribution in [0, 0.1) is 0 Å². The highest BCUT2D eigenvalue weighted by Crippen LogP contribution is 2.29. The third-order valence-corrected chi connectivity index (χ3v) is 6.17. The van der Waals surface area contributed by atoms with Gasteiger partial charge in [0.05, 0.1) is 25.1 Å². The van der Waals surface area contributed by atoms with Crippen molar-refractivity contribution in [2.75, 3.05) is 13.7 Å². The first-order valence-electron chi connectivity index (χ1n) is 12.8. The van der Waals surface area contributed by atoms with Crippen molar-refractivity contribution in [3.05, 3.63) is 120 Å². The van der Waals surface area contributed by atoms with Crippen molar-refractivity contribution >= 4 is 12.2 Å². The zero-order valence-electron chi connectivity index (χ0n) is 21.7. The highest BCUT2D eigenvalue weighted by molar-refractivity contribution is 5.74. The molecular weight excluding hydrogens is 468 g/mol. The summed E-state index contributed by atoms with van der Waals surface area (Å²) in [4.78, 5) is 9.84. The van der Waals surface area contributed by atoms with Crippen LogP contribution in [-0.4, -0.2) is 23.7 Å². The predicted octanol–water partition coefficient (Wildman–Crippen LogP) is 8.45. The average molecular weight is 499 g/mol. The molecule has 0 spiro atoms. The molecule has 0 saturated carbocycles. The standard InChI is InChI=1S/C34H30N2O2/c1-3-23-38-31-21-17-28(18-22-31)33-24-32(35-34(36-33)29-7-5-4-6-8-29)27-15-11-25(12-16-27)9-10-26-13-19-30(37-2)20-14-26/h4-22,24H,3,23H2,1-2H3/b10-9+. The molecule has 0 N–H and O–H groups in total. The molecule has 4 aromatic carbocycles. The second kappa shape index (κ2) is 12.0. The van der Waals surface area contributed by atoms with Gasteiger partial charge in [-0.05, 0) is 60.0 Å². The van der Waals surface area contributed by atoms with Crippen LogP contribution in [0.1, 0.15) is 24.5 Å². The molecule has 0 atom stereocenters. The summed E-state index contributed by atoms with van der Waals surface area (Å²) in [6, 6.07) is 36.7. The molecule has 4 nitrogen and oxygen atoms in total. The van der Waals surface area contributed by atoms with Crippen LogP contribution in [0.5, 0.6) is 11.5 Å². The Balaban J connectivity index is 1.45. The molecule has 0 bridgehead atoms. The molecule has 0 amide bonds. The van der Waals surface area contributed by atoms with E-state index in [4.69, 9.17) is 19.4 Å². The Morgan fingerprint density at radius 1 is 0.605 bits per heavy atom. The van der Waals surface area contributed by atoms with Crippen molar-refractivity contribution in [2.24, 2.45) is 0 Å². The first-order valence-corrected chi connectivity index (χ1v) is 12.8. The van der Waals surface area contributed by atoms with Gasteiger partial charge in [0.2, 0.25) is 0 Å². The van der Waals surface area contributed by atoms with Gasteiger partial charge < -0.3 is 9.47 Å². The van der Waals surface area contributed by atoms with E-state index in [1.54, 1.807) is 7.11 Å². The number of hydrogen-bond donors (Lipinski definition) is 0. The first-order chi connectivity index (χ1) is 18.7. The molecule has 4 heteroatoms. The van der Waals surface area contributed by atoms with E-state index in [9.17, 15) is 0 Å². The normalized spacial score (nSPS) is 11.0. The fourth-order valence-corrected chi connectivity index (χ4v) is 4.07. The molecule has 0 radical (unpaired) electrons. The minimum Gasteiger partial charge on any atom is -0.497 e. The maximum absolute atomic E-state index is 5.76. The van der Waals surface area contributed by atoms with Crippen LogP contribution in [0.15, 0.2) is 109 Å². The lowest BCUT2D eigenvalue weighted by atomic mass is 10.0. The monoisotopic (exact) mass is 498 g/mol. The molecule has 1 heterocycles. The largest absolute Gasteiger partial charge is 0.497 e. The third-order valence-electron chi connectivity index (χ3n) is 6.17. The number of aromatic nitrogens is 2. The number of benzene rings is 4. The number of hydrogen-bond acceptors (Lipinski definition) is 4. The van der Waals surface area contributed by atoms with Crippen LogP contribution < -0.4 is 9.47 Å². The van der Waals surface area contributed by atoms with Crippen molar-refractivity contribution in [1.82, 2.24) is 9.97 Å². The van der Waals surface area contributed by atoms with Crippen molar-refractivity contribution in [3.63, 3.8) is 0 Å². The summed E-state index contributed by atoms with van der Waals surface area (Å²) in [5.41, 5.74) is 7.03. The van der Waals surface area contributed by atoms with Crippen molar-refractivity contribution in [3.8, 4) is 45.4 Å². The van der Waals surface area contributed by atoms with E-state index in [1.165, 1.54) is 0 Å². The molecule has 0 aliphatic rings. The topological polar surface area (TPSA) is 44.2 Å². The van der Waals surface area contributed by atoms with Gasteiger partial charge in [-0.3, -0.25) is 0 Å². The van der Waals surface area contributed by atoms with Gasteiger partial charge in [0.15, 0.2) is 5.82 Å². The molecular formula is C34H30N2O2. The molecule has 0 aliphatic heterocycles. The van der Waals surface area contributed by atoms with E-state index in [0.29, 0.717) is 12.4 Å². The summed E-state index contributed by atoms with van der Waals surface area (Å²) in [6.07, 6.45) is 5.18. The predicted molar refractivity (Wildman–Crippen MR) is 156 cm³/mol. The summed E-state index contributed by atoms with van der Waals surface area (Å²) < 4.78 is 11.0. The molecule has 5 rings (SSSR count). The Hall–Kier alpha value is -4.70. The Kier molecular flexibility index (Phi) is 7.90. The second-order valence-electron chi connectivity index (χ2n) is 8.93. The minimum absolute atomic E-state index is 0.702. The number of rotatable bonds is 9. The van der Waals surface area contributed by atoms with Gasteiger partial charge in [0, 0.05) is 16.7 Å². The smallest absolute Gasteiger partial charge is 0.160 e. The van der Waals surface area contributed by atoms with Crippen molar-refractivity contribution < 1.29 is 9.47 Å². The lowest BCUT2D eigenvalue weighted by Gasteiger charge is -2.10. The van der Waals surface area contributed by atoms with E-state index < -0.39 is 0 Å². The lowest BCUT2D eigenvalue weighted by Crippen LogP contribution is -1.97. The van der Waals surface area contributed by atoms with Gasteiger partial charge in [-0.1, -0.05) is 85.8 Å². The number of methoxy groups -OCH3 is 1. The van der Waals surface area contributed by atoms with Crippen LogP contribution >= 0.6 is 0 Å². The first kappa shape index (κ1) is 25.0. The molecule has 0 aliphatic carbocycles. The van der Waals surface area contributed by atoms with Gasteiger partial charge in [0.25, 0.3) is 0 Å². The van der Waals surface area contributed by atoms with Gasteiger partial charge >= 0.3 is 0 Å². The highest BCUT2D eigenvalue weighted by atomic mass is 16.5. The Morgan fingerprint density at radius 3 is 1.68 bits per heavy atom. The zero-order chi connectivity index (χ0) is 26.2. The van der Waals surface area contributed by atoms with E-state index >= 15 is 0 Å². The molecule has 188 valence electrons. The molecule has 5 aromatic rings. The van der Waals surface area contributed by atoms with Crippen molar-refractivity contribution in [2.45, 2.75) is 13.3 Å². The molecule has 1 aromatic heterocycles. The van der Waals surface area contributed by atoms with Crippen LogP contribution in [0.25, 0.3) is 46.1 Å². The van der Waals surface area contributed by atoms with E-state index in [0.717, 1.165) is 57.1 Å². The third kappa shape index (κ3) is 6.16. The van der Waals surface area contributed by atoms with Gasteiger partial charge in [-0.15, -0.1) is 0 Å². The summed E-state index contributed by atoms with van der Waals surface area (Å²) >= 11 is 0. The Labute approximate surface area is 224 Å². The summed E-state index contributed by atoms with van der Waals surface area (Å²) in [5, 5.41) is 0. The van der Waals surface area contributed by atoms with Gasteiger partial charge in [-0.25, -0.2) is 9.97 Å². The second-order valence-corrected chi connectivity index (χ2v) is 8.93. The summed E-state index contributed by atoms with van der Waals surface area (Å²) in [6.45, 7) is 2.81. The van der Waals surface area contributed by atoms with E-state index in [-0.39, 0.29) is 0 Å². The molecule has 0 saturated heterocycles. The lowest BCUT2D eigenvalue weighted by molar-refractivity contribution is 0.317. The maximum atomic E-state index is 5.76. The number of ether oxygens (including phenoxy) is 2. The SMILES string of the molecule is CCCOc1ccc(-c2cc(-c3ccc(/C=C/c4ccc(OC)cc4)cc3)nc(-c3ccccc3)n2)cc1. The fraction of sp³-hybridized carbons (Fsp3) is 0.118. The molecule has 0 fully saturated rings. The molecule has 0 unspecified atom stereocenters. The highest BCUT2D eigenvalue weighted by Gasteiger charge is 2.11. The quantitative estimate of drug-likeness (QED) is 0.191. The summed E-state index contributed by atoms with van der Waals surface area (Å²) in [7, 11) is 1.68. The Morgan fingerprint density at radius 2 is 1.13 bits per heavy atom. The van der Waals surface area contributed by atoms with Crippen molar-refractivity contribution in [1.29, 1.82) is 0 Å². The summed E-state index contributed by atoms with van der Waals surface area (Å²) in [5.74, 6) is 2.42. The van der Waals surface area contributed by atoms with E-state index in [1.807, 2.05) is 66.7 Å². The maximum Gasteiger partial charge on any atom is 0.160 e. The average Bonchev–Trinajstić information content (AvgIpc) is 3.00. The molecule has 38 heavy (non-hydrogen) atoms.